The third kappa shape index (κ3) is 5.16. The second kappa shape index (κ2) is 8.11. The number of rotatable bonds is 7. The predicted octanol–water partition coefficient (Wildman–Crippen LogP) is 2.36. The van der Waals surface area contributed by atoms with Gasteiger partial charge in [0.15, 0.2) is 6.61 Å². The average Bonchev–Trinajstić information content (AvgIpc) is 2.44. The highest BCUT2D eigenvalue weighted by Crippen LogP contribution is 2.19. The van der Waals surface area contributed by atoms with E-state index in [4.69, 9.17) is 4.74 Å². The summed E-state index contributed by atoms with van der Waals surface area (Å²) in [6.07, 6.45) is 1.80. The van der Waals surface area contributed by atoms with Crippen LogP contribution in [0.4, 0.5) is 5.69 Å². The lowest BCUT2D eigenvalue weighted by molar-refractivity contribution is -0.385. The van der Waals surface area contributed by atoms with Crippen molar-refractivity contribution >= 4 is 17.6 Å². The van der Waals surface area contributed by atoms with Gasteiger partial charge in [0.2, 0.25) is 0 Å². The van der Waals surface area contributed by atoms with Crippen LogP contribution in [0.25, 0.3) is 0 Å². The Labute approximate surface area is 128 Å². The first-order chi connectivity index (χ1) is 10.3. The van der Waals surface area contributed by atoms with Crippen LogP contribution >= 0.6 is 0 Å². The van der Waals surface area contributed by atoms with Crippen molar-refractivity contribution in [2.75, 3.05) is 6.61 Å². The normalized spacial score (nSPS) is 11.6. The number of carbonyl (C=O) groups is 2. The van der Waals surface area contributed by atoms with Crippen molar-refractivity contribution in [3.05, 3.63) is 39.4 Å². The van der Waals surface area contributed by atoms with Crippen LogP contribution in [0.2, 0.25) is 0 Å². The van der Waals surface area contributed by atoms with Crippen LogP contribution in [0.1, 0.15) is 42.6 Å². The molecular weight excluding hydrogens is 288 g/mol. The lowest BCUT2D eigenvalue weighted by Gasteiger charge is -2.12. The Bertz CT molecular complexity index is 571. The van der Waals surface area contributed by atoms with E-state index in [9.17, 15) is 19.7 Å². The molecule has 7 nitrogen and oxygen atoms in total. The van der Waals surface area contributed by atoms with Gasteiger partial charge in [0.05, 0.1) is 10.5 Å². The van der Waals surface area contributed by atoms with Crippen molar-refractivity contribution in [2.45, 2.75) is 39.7 Å². The van der Waals surface area contributed by atoms with Crippen molar-refractivity contribution in [1.29, 1.82) is 0 Å². The number of esters is 1. The molecule has 1 rings (SSSR count). The van der Waals surface area contributed by atoms with E-state index in [0.29, 0.717) is 5.56 Å². The van der Waals surface area contributed by atoms with E-state index in [1.54, 1.807) is 0 Å². The number of ether oxygens (including phenoxy) is 1. The third-order valence-electron chi connectivity index (χ3n) is 3.09. The van der Waals surface area contributed by atoms with Gasteiger partial charge >= 0.3 is 5.97 Å². The van der Waals surface area contributed by atoms with Crippen LogP contribution in [0.5, 0.6) is 0 Å². The third-order valence-corrected chi connectivity index (χ3v) is 3.09. The zero-order valence-corrected chi connectivity index (χ0v) is 12.9. The molecule has 7 heteroatoms. The zero-order valence-electron chi connectivity index (χ0n) is 12.9. The molecule has 0 aliphatic rings. The van der Waals surface area contributed by atoms with Gasteiger partial charge in [-0.05, 0) is 32.4 Å². The maximum atomic E-state index is 11.8. The largest absolute Gasteiger partial charge is 0.452 e. The smallest absolute Gasteiger partial charge is 0.338 e. The van der Waals surface area contributed by atoms with Crippen LogP contribution in [0.3, 0.4) is 0 Å². The first kappa shape index (κ1) is 17.6. The number of nitrogens with zero attached hydrogens (tertiary/aromatic N) is 1. The van der Waals surface area contributed by atoms with Crippen LogP contribution in [-0.2, 0) is 9.53 Å². The highest BCUT2D eigenvalue weighted by Gasteiger charge is 2.16. The maximum Gasteiger partial charge on any atom is 0.338 e. The topological polar surface area (TPSA) is 98.5 Å². The minimum absolute atomic E-state index is 0.0258. The first-order valence-electron chi connectivity index (χ1n) is 7.06. The van der Waals surface area contributed by atoms with Crippen molar-refractivity contribution in [2.24, 2.45) is 0 Å². The molecule has 0 aliphatic heterocycles. The number of aryl methyl sites for hydroxylation is 1. The van der Waals surface area contributed by atoms with Gasteiger partial charge in [0.1, 0.15) is 0 Å². The van der Waals surface area contributed by atoms with Gasteiger partial charge in [-0.2, -0.15) is 0 Å². The Morgan fingerprint density at radius 2 is 2.09 bits per heavy atom. The molecule has 0 bridgehead atoms. The average molecular weight is 308 g/mol. The Morgan fingerprint density at radius 3 is 2.64 bits per heavy atom. The fourth-order valence-electron chi connectivity index (χ4n) is 2.02. The van der Waals surface area contributed by atoms with Gasteiger partial charge in [0.25, 0.3) is 11.6 Å². The van der Waals surface area contributed by atoms with Gasteiger partial charge in [0, 0.05) is 17.7 Å². The summed E-state index contributed by atoms with van der Waals surface area (Å²) in [4.78, 5) is 33.6. The summed E-state index contributed by atoms with van der Waals surface area (Å²) >= 11 is 0. The molecule has 120 valence electrons. The van der Waals surface area contributed by atoms with Crippen molar-refractivity contribution in [3.63, 3.8) is 0 Å². The molecular formula is C15H20N2O5. The summed E-state index contributed by atoms with van der Waals surface area (Å²) in [5, 5.41) is 13.4. The number of nitro benzene ring substituents is 1. The summed E-state index contributed by atoms with van der Waals surface area (Å²) in [5.74, 6) is -1.05. The number of carbonyl (C=O) groups excluding carboxylic acids is 2. The van der Waals surface area contributed by atoms with E-state index in [1.807, 2.05) is 13.8 Å². The number of hydrogen-bond donors (Lipinski definition) is 1. The molecule has 0 radical (unpaired) electrons. The number of hydrogen-bond acceptors (Lipinski definition) is 5. The molecule has 0 aromatic heterocycles. The summed E-state index contributed by atoms with van der Waals surface area (Å²) < 4.78 is 4.90. The van der Waals surface area contributed by atoms with E-state index in [0.717, 1.165) is 12.8 Å². The molecule has 1 N–H and O–H groups in total. The van der Waals surface area contributed by atoms with Crippen LogP contribution in [0, 0.1) is 17.0 Å². The molecule has 1 aromatic rings. The molecule has 1 amide bonds. The highest BCUT2D eigenvalue weighted by atomic mass is 16.6. The standard InChI is InChI=1S/C15H20N2O5/c1-4-5-11(3)16-14(18)9-22-15(19)12-6-7-13(17(20)21)10(2)8-12/h6-8,11H,4-5,9H2,1-3H3,(H,16,18)/t11-/m0/s1. The minimum Gasteiger partial charge on any atom is -0.452 e. The van der Waals surface area contributed by atoms with Gasteiger partial charge < -0.3 is 10.1 Å². The number of benzene rings is 1. The fraction of sp³-hybridized carbons (Fsp3) is 0.467. The van der Waals surface area contributed by atoms with Gasteiger partial charge in [-0.3, -0.25) is 14.9 Å². The summed E-state index contributed by atoms with van der Waals surface area (Å²) in [6.45, 7) is 5.06. The van der Waals surface area contributed by atoms with E-state index in [-0.39, 0.29) is 29.8 Å². The molecule has 0 aliphatic carbocycles. The quantitative estimate of drug-likeness (QED) is 0.473. The monoisotopic (exact) mass is 308 g/mol. The zero-order chi connectivity index (χ0) is 16.7. The second-order valence-corrected chi connectivity index (χ2v) is 5.09. The summed E-state index contributed by atoms with van der Waals surface area (Å²) in [6, 6.07) is 3.95. The maximum absolute atomic E-state index is 11.8. The van der Waals surface area contributed by atoms with E-state index in [1.165, 1.54) is 25.1 Å². The number of nitro groups is 1. The first-order valence-corrected chi connectivity index (χ1v) is 7.06. The second-order valence-electron chi connectivity index (χ2n) is 5.09. The molecule has 1 aromatic carbocycles. The van der Waals surface area contributed by atoms with Gasteiger partial charge in [-0.15, -0.1) is 0 Å². The van der Waals surface area contributed by atoms with Gasteiger partial charge in [-0.1, -0.05) is 13.3 Å². The molecule has 0 saturated carbocycles. The van der Waals surface area contributed by atoms with Crippen LogP contribution < -0.4 is 5.32 Å². The van der Waals surface area contributed by atoms with Crippen LogP contribution in [0.15, 0.2) is 18.2 Å². The number of nitrogens with one attached hydrogen (secondary N) is 1. The lowest BCUT2D eigenvalue weighted by atomic mass is 10.1. The molecule has 0 saturated heterocycles. The Balaban J connectivity index is 2.57. The van der Waals surface area contributed by atoms with Crippen molar-refractivity contribution in [3.8, 4) is 0 Å². The minimum atomic E-state index is -0.684. The van der Waals surface area contributed by atoms with Crippen molar-refractivity contribution in [1.82, 2.24) is 5.32 Å². The Morgan fingerprint density at radius 1 is 1.41 bits per heavy atom. The summed E-state index contributed by atoms with van der Waals surface area (Å²) in [5.41, 5.74) is 0.473. The molecule has 0 fully saturated rings. The molecule has 0 spiro atoms. The van der Waals surface area contributed by atoms with Gasteiger partial charge in [-0.25, -0.2) is 4.79 Å². The predicted molar refractivity (Wildman–Crippen MR) is 80.6 cm³/mol. The SMILES string of the molecule is CCC[C@H](C)NC(=O)COC(=O)c1ccc([N+](=O)[O-])c(C)c1. The van der Waals surface area contributed by atoms with E-state index >= 15 is 0 Å². The molecule has 1 atom stereocenters. The van der Waals surface area contributed by atoms with Crippen molar-refractivity contribution < 1.29 is 19.2 Å². The molecule has 22 heavy (non-hydrogen) atoms. The highest BCUT2D eigenvalue weighted by molar-refractivity contribution is 5.91. The van der Waals surface area contributed by atoms with E-state index in [2.05, 4.69) is 5.32 Å². The summed E-state index contributed by atoms with van der Waals surface area (Å²) in [7, 11) is 0. The Hall–Kier alpha value is -2.44. The van der Waals surface area contributed by atoms with E-state index < -0.39 is 10.9 Å². The van der Waals surface area contributed by atoms with Crippen LogP contribution in [-0.4, -0.2) is 29.4 Å². The lowest BCUT2D eigenvalue weighted by Crippen LogP contribution is -2.35. The number of amides is 1. The fourth-order valence-corrected chi connectivity index (χ4v) is 2.02. The molecule has 0 unspecified atom stereocenters. The Kier molecular flexibility index (Phi) is 6.49. The molecule has 0 heterocycles.